The van der Waals surface area contributed by atoms with Crippen molar-refractivity contribution < 1.29 is 4.79 Å². The average Bonchev–Trinajstić information content (AvgIpc) is 2.23. The van der Waals surface area contributed by atoms with Crippen molar-refractivity contribution in [2.75, 3.05) is 18.4 Å². The number of terminal acetylenes is 1. The minimum atomic E-state index is -0.209. The molecule has 0 spiro atoms. The van der Waals surface area contributed by atoms with Crippen molar-refractivity contribution in [1.82, 2.24) is 5.32 Å². The third-order valence-electron chi connectivity index (χ3n) is 1.72. The summed E-state index contributed by atoms with van der Waals surface area (Å²) >= 11 is 11.6. The SMILES string of the molecule is C#CCNCC(=O)Nc1ccc(Cl)cc1Cl. The van der Waals surface area contributed by atoms with Gasteiger partial charge in [-0.1, -0.05) is 29.1 Å². The van der Waals surface area contributed by atoms with E-state index in [1.165, 1.54) is 0 Å². The molecule has 3 nitrogen and oxygen atoms in total. The highest BCUT2D eigenvalue weighted by Crippen LogP contribution is 2.25. The number of anilines is 1. The standard InChI is InChI=1S/C11H10Cl2N2O/c1-2-5-14-7-11(16)15-10-4-3-8(12)6-9(10)13/h1,3-4,6,14H,5,7H2,(H,15,16). The summed E-state index contributed by atoms with van der Waals surface area (Å²) in [6.07, 6.45) is 5.03. The van der Waals surface area contributed by atoms with E-state index in [1.54, 1.807) is 18.2 Å². The highest BCUT2D eigenvalue weighted by Gasteiger charge is 2.05. The van der Waals surface area contributed by atoms with Crippen LogP contribution >= 0.6 is 23.2 Å². The van der Waals surface area contributed by atoms with Gasteiger partial charge in [-0.3, -0.25) is 10.1 Å². The molecule has 0 saturated heterocycles. The minimum Gasteiger partial charge on any atom is -0.324 e. The zero-order valence-corrected chi connectivity index (χ0v) is 9.90. The summed E-state index contributed by atoms with van der Waals surface area (Å²) in [7, 11) is 0. The Balaban J connectivity index is 2.53. The van der Waals surface area contributed by atoms with Crippen molar-refractivity contribution >= 4 is 34.8 Å². The molecule has 0 radical (unpaired) electrons. The topological polar surface area (TPSA) is 41.1 Å². The number of rotatable bonds is 4. The lowest BCUT2D eigenvalue weighted by Gasteiger charge is -2.07. The van der Waals surface area contributed by atoms with Crippen LogP contribution in [0.3, 0.4) is 0 Å². The van der Waals surface area contributed by atoms with Gasteiger partial charge in [0.1, 0.15) is 0 Å². The first kappa shape index (κ1) is 12.9. The Bertz CT molecular complexity index is 426. The summed E-state index contributed by atoms with van der Waals surface area (Å²) in [5, 5.41) is 6.33. The molecule has 16 heavy (non-hydrogen) atoms. The van der Waals surface area contributed by atoms with E-state index in [0.29, 0.717) is 22.3 Å². The van der Waals surface area contributed by atoms with E-state index < -0.39 is 0 Å². The summed E-state index contributed by atoms with van der Waals surface area (Å²) in [4.78, 5) is 11.4. The van der Waals surface area contributed by atoms with Gasteiger partial charge < -0.3 is 5.32 Å². The predicted molar refractivity (Wildman–Crippen MR) is 66.8 cm³/mol. The molecular weight excluding hydrogens is 247 g/mol. The van der Waals surface area contributed by atoms with Crippen LogP contribution in [0.5, 0.6) is 0 Å². The third kappa shape index (κ3) is 4.11. The molecule has 0 aliphatic heterocycles. The summed E-state index contributed by atoms with van der Waals surface area (Å²) in [5.41, 5.74) is 0.526. The average molecular weight is 257 g/mol. The lowest BCUT2D eigenvalue weighted by Crippen LogP contribution is -2.28. The Morgan fingerprint density at radius 2 is 2.19 bits per heavy atom. The second kappa shape index (κ2) is 6.39. The normalized spacial score (nSPS) is 9.56. The first-order valence-electron chi connectivity index (χ1n) is 4.52. The molecule has 2 N–H and O–H groups in total. The number of nitrogens with one attached hydrogen (secondary N) is 2. The van der Waals surface area contributed by atoms with Crippen molar-refractivity contribution in [3.8, 4) is 12.3 Å². The lowest BCUT2D eigenvalue weighted by molar-refractivity contribution is -0.115. The second-order valence-electron chi connectivity index (χ2n) is 2.98. The fourth-order valence-electron chi connectivity index (χ4n) is 1.03. The lowest BCUT2D eigenvalue weighted by atomic mass is 10.3. The Hall–Kier alpha value is -1.21. The summed E-state index contributed by atoms with van der Waals surface area (Å²) in [6, 6.07) is 4.86. The monoisotopic (exact) mass is 256 g/mol. The fourth-order valence-corrected chi connectivity index (χ4v) is 1.49. The summed E-state index contributed by atoms with van der Waals surface area (Å²) in [6.45, 7) is 0.491. The number of amides is 1. The highest BCUT2D eigenvalue weighted by atomic mass is 35.5. The van der Waals surface area contributed by atoms with Crippen LogP contribution < -0.4 is 10.6 Å². The molecule has 1 aromatic rings. The molecule has 0 bridgehead atoms. The molecule has 0 saturated carbocycles. The second-order valence-corrected chi connectivity index (χ2v) is 3.82. The van der Waals surface area contributed by atoms with E-state index in [4.69, 9.17) is 29.6 Å². The van der Waals surface area contributed by atoms with Crippen LogP contribution in [-0.4, -0.2) is 19.0 Å². The Labute approximate surface area is 104 Å². The van der Waals surface area contributed by atoms with Crippen molar-refractivity contribution in [1.29, 1.82) is 0 Å². The molecule has 0 aromatic heterocycles. The van der Waals surface area contributed by atoms with Crippen LogP contribution in [0.25, 0.3) is 0 Å². The Morgan fingerprint density at radius 1 is 1.44 bits per heavy atom. The Kier molecular flexibility index (Phi) is 5.13. The largest absolute Gasteiger partial charge is 0.324 e. The maximum absolute atomic E-state index is 11.4. The molecule has 0 atom stereocenters. The molecule has 1 amide bonds. The quantitative estimate of drug-likeness (QED) is 0.641. The van der Waals surface area contributed by atoms with Gasteiger partial charge in [-0.2, -0.15) is 0 Å². The van der Waals surface area contributed by atoms with Gasteiger partial charge >= 0.3 is 0 Å². The molecule has 5 heteroatoms. The summed E-state index contributed by atoms with van der Waals surface area (Å²) in [5.74, 6) is 2.16. The molecule has 0 fully saturated rings. The minimum absolute atomic E-state index is 0.142. The number of halogens is 2. The van der Waals surface area contributed by atoms with E-state index in [0.717, 1.165) is 0 Å². The van der Waals surface area contributed by atoms with Gasteiger partial charge in [0.2, 0.25) is 5.91 Å². The zero-order valence-electron chi connectivity index (χ0n) is 8.39. The highest BCUT2D eigenvalue weighted by molar-refractivity contribution is 6.36. The van der Waals surface area contributed by atoms with Crippen molar-refractivity contribution in [3.05, 3.63) is 28.2 Å². The maximum Gasteiger partial charge on any atom is 0.238 e. The van der Waals surface area contributed by atoms with E-state index in [1.807, 2.05) is 0 Å². The van der Waals surface area contributed by atoms with E-state index in [-0.39, 0.29) is 12.5 Å². The summed E-state index contributed by atoms with van der Waals surface area (Å²) < 4.78 is 0. The van der Waals surface area contributed by atoms with E-state index >= 15 is 0 Å². The number of hydrogen-bond donors (Lipinski definition) is 2. The van der Waals surface area contributed by atoms with Crippen LogP contribution in [0.1, 0.15) is 0 Å². The molecule has 1 rings (SSSR count). The van der Waals surface area contributed by atoms with Crippen molar-refractivity contribution in [2.24, 2.45) is 0 Å². The van der Waals surface area contributed by atoms with Crippen molar-refractivity contribution in [3.63, 3.8) is 0 Å². The van der Waals surface area contributed by atoms with Gasteiger partial charge in [-0.15, -0.1) is 6.42 Å². The van der Waals surface area contributed by atoms with Gasteiger partial charge in [0.25, 0.3) is 0 Å². The smallest absolute Gasteiger partial charge is 0.238 e. The van der Waals surface area contributed by atoms with Gasteiger partial charge in [0.15, 0.2) is 0 Å². The van der Waals surface area contributed by atoms with E-state index in [2.05, 4.69) is 16.6 Å². The van der Waals surface area contributed by atoms with Crippen LogP contribution in [-0.2, 0) is 4.79 Å². The van der Waals surface area contributed by atoms with Gasteiger partial charge in [-0.25, -0.2) is 0 Å². The fraction of sp³-hybridized carbons (Fsp3) is 0.182. The molecule has 0 heterocycles. The van der Waals surface area contributed by atoms with Crippen molar-refractivity contribution in [2.45, 2.75) is 0 Å². The maximum atomic E-state index is 11.4. The molecule has 0 aliphatic carbocycles. The van der Waals surface area contributed by atoms with Crippen LogP contribution in [0.2, 0.25) is 10.0 Å². The van der Waals surface area contributed by atoms with Crippen LogP contribution in [0.15, 0.2) is 18.2 Å². The number of benzene rings is 1. The molecule has 0 unspecified atom stereocenters. The number of carbonyl (C=O) groups excluding carboxylic acids is 1. The van der Waals surface area contributed by atoms with Gasteiger partial charge in [0, 0.05) is 5.02 Å². The van der Waals surface area contributed by atoms with Gasteiger partial charge in [-0.05, 0) is 18.2 Å². The van der Waals surface area contributed by atoms with Crippen LogP contribution in [0, 0.1) is 12.3 Å². The molecule has 0 aliphatic rings. The molecule has 84 valence electrons. The zero-order chi connectivity index (χ0) is 12.0. The molecular formula is C11H10Cl2N2O. The number of hydrogen-bond acceptors (Lipinski definition) is 2. The Morgan fingerprint density at radius 3 is 2.81 bits per heavy atom. The van der Waals surface area contributed by atoms with Gasteiger partial charge in [0.05, 0.1) is 23.8 Å². The van der Waals surface area contributed by atoms with E-state index in [9.17, 15) is 4.79 Å². The predicted octanol–water partition coefficient (Wildman–Crippen LogP) is 2.15. The number of carbonyl (C=O) groups is 1. The third-order valence-corrected chi connectivity index (χ3v) is 2.27. The van der Waals surface area contributed by atoms with Crippen LogP contribution in [0.4, 0.5) is 5.69 Å². The first-order chi connectivity index (χ1) is 7.63. The first-order valence-corrected chi connectivity index (χ1v) is 5.28. The molecule has 1 aromatic carbocycles.